The zero-order valence-corrected chi connectivity index (χ0v) is 18.7. The van der Waals surface area contributed by atoms with E-state index in [0.717, 1.165) is 15.6 Å². The van der Waals surface area contributed by atoms with Crippen LogP contribution >= 0.6 is 11.6 Å². The van der Waals surface area contributed by atoms with Gasteiger partial charge in [-0.3, -0.25) is 14.1 Å². The molecule has 0 aliphatic carbocycles. The maximum absolute atomic E-state index is 13.1. The average molecular weight is 444 g/mol. The Labute approximate surface area is 181 Å². The molecule has 0 aliphatic heterocycles. The van der Waals surface area contributed by atoms with Gasteiger partial charge < -0.3 is 5.32 Å². The van der Waals surface area contributed by atoms with Crippen molar-refractivity contribution in [3.05, 3.63) is 82.1 Å². The number of amides is 1. The number of sulfonamides is 1. The molecular weight excluding hydrogens is 422 g/mol. The van der Waals surface area contributed by atoms with E-state index in [1.165, 1.54) is 25.2 Å². The number of benzene rings is 2. The number of rotatable bonds is 5. The predicted molar refractivity (Wildman–Crippen MR) is 120 cm³/mol. The van der Waals surface area contributed by atoms with Crippen LogP contribution in [0, 0.1) is 20.8 Å². The van der Waals surface area contributed by atoms with Gasteiger partial charge in [-0.05, 0) is 62.7 Å². The standard InChI is InChI=1S/C22H22ClN3O3S/c1-14-12-15(2)24-16(3)21(14)25-22(27)19-13-18(10-11-20(19)23)30(28,29)26(4)17-8-6-5-7-9-17/h5-13H,1-4H3,(H,25,27). The zero-order chi connectivity index (χ0) is 22.1. The fraction of sp³-hybridized carbons (Fsp3) is 0.182. The van der Waals surface area contributed by atoms with Crippen LogP contribution in [0.5, 0.6) is 0 Å². The summed E-state index contributed by atoms with van der Waals surface area (Å²) in [7, 11) is -2.42. The van der Waals surface area contributed by atoms with Crippen molar-refractivity contribution in [2.45, 2.75) is 25.7 Å². The van der Waals surface area contributed by atoms with Crippen LogP contribution in [0.1, 0.15) is 27.3 Å². The van der Waals surface area contributed by atoms with E-state index in [1.54, 1.807) is 37.3 Å². The summed E-state index contributed by atoms with van der Waals surface area (Å²) in [6.45, 7) is 5.54. The van der Waals surface area contributed by atoms with Gasteiger partial charge in [0.1, 0.15) is 0 Å². The van der Waals surface area contributed by atoms with E-state index in [1.807, 2.05) is 19.9 Å². The van der Waals surface area contributed by atoms with E-state index in [2.05, 4.69) is 10.3 Å². The van der Waals surface area contributed by atoms with Gasteiger partial charge in [-0.15, -0.1) is 0 Å². The molecule has 6 nitrogen and oxygen atoms in total. The molecule has 1 N–H and O–H groups in total. The van der Waals surface area contributed by atoms with Crippen LogP contribution < -0.4 is 9.62 Å². The lowest BCUT2D eigenvalue weighted by Gasteiger charge is -2.20. The Bertz CT molecular complexity index is 1190. The van der Waals surface area contributed by atoms with E-state index in [4.69, 9.17) is 11.6 Å². The Morgan fingerprint density at radius 2 is 1.70 bits per heavy atom. The monoisotopic (exact) mass is 443 g/mol. The minimum absolute atomic E-state index is 0.0288. The fourth-order valence-electron chi connectivity index (χ4n) is 3.17. The first-order chi connectivity index (χ1) is 14.1. The summed E-state index contributed by atoms with van der Waals surface area (Å²) in [6, 6.07) is 14.6. The summed E-state index contributed by atoms with van der Waals surface area (Å²) >= 11 is 6.22. The molecule has 3 rings (SSSR count). The van der Waals surface area contributed by atoms with E-state index >= 15 is 0 Å². The van der Waals surface area contributed by atoms with Crippen LogP contribution in [0.25, 0.3) is 0 Å². The molecule has 3 aromatic rings. The van der Waals surface area contributed by atoms with Crippen molar-refractivity contribution in [2.75, 3.05) is 16.7 Å². The van der Waals surface area contributed by atoms with Crippen LogP contribution in [0.15, 0.2) is 59.5 Å². The summed E-state index contributed by atoms with van der Waals surface area (Å²) in [5.41, 5.74) is 3.53. The molecule has 0 fully saturated rings. The van der Waals surface area contributed by atoms with Crippen molar-refractivity contribution < 1.29 is 13.2 Å². The van der Waals surface area contributed by atoms with Crippen molar-refractivity contribution in [2.24, 2.45) is 0 Å². The molecule has 1 heterocycles. The molecule has 0 spiro atoms. The third-order valence-electron chi connectivity index (χ3n) is 4.72. The minimum atomic E-state index is -3.88. The summed E-state index contributed by atoms with van der Waals surface area (Å²) in [4.78, 5) is 17.2. The van der Waals surface area contributed by atoms with Crippen molar-refractivity contribution in [1.29, 1.82) is 0 Å². The number of anilines is 2. The maximum Gasteiger partial charge on any atom is 0.264 e. The molecule has 2 aromatic carbocycles. The van der Waals surface area contributed by atoms with Gasteiger partial charge in [0.2, 0.25) is 0 Å². The second-order valence-electron chi connectivity index (χ2n) is 6.94. The summed E-state index contributed by atoms with van der Waals surface area (Å²) < 4.78 is 27.3. The molecular formula is C22H22ClN3O3S. The van der Waals surface area contributed by atoms with Crippen molar-refractivity contribution in [1.82, 2.24) is 4.98 Å². The smallest absolute Gasteiger partial charge is 0.264 e. The third-order valence-corrected chi connectivity index (χ3v) is 6.84. The molecule has 8 heteroatoms. The van der Waals surface area contributed by atoms with E-state index < -0.39 is 15.9 Å². The number of hydrogen-bond donors (Lipinski definition) is 1. The number of aromatic nitrogens is 1. The van der Waals surface area contributed by atoms with Gasteiger partial charge in [-0.25, -0.2) is 8.42 Å². The molecule has 1 amide bonds. The number of nitrogens with one attached hydrogen (secondary N) is 1. The molecule has 0 atom stereocenters. The number of para-hydroxylation sites is 1. The predicted octanol–water partition coefficient (Wildman–Crippen LogP) is 4.74. The molecule has 30 heavy (non-hydrogen) atoms. The molecule has 0 saturated carbocycles. The average Bonchev–Trinajstić information content (AvgIpc) is 2.70. The Morgan fingerprint density at radius 1 is 1.03 bits per heavy atom. The van der Waals surface area contributed by atoms with Crippen LogP contribution in [0.3, 0.4) is 0 Å². The highest BCUT2D eigenvalue weighted by Gasteiger charge is 2.24. The topological polar surface area (TPSA) is 79.4 Å². The van der Waals surface area contributed by atoms with E-state index in [-0.39, 0.29) is 15.5 Å². The van der Waals surface area contributed by atoms with Crippen LogP contribution in [-0.2, 0) is 10.0 Å². The first-order valence-electron chi connectivity index (χ1n) is 9.21. The number of hydrogen-bond acceptors (Lipinski definition) is 4. The molecule has 0 saturated heterocycles. The number of halogens is 1. The Morgan fingerprint density at radius 3 is 2.33 bits per heavy atom. The third kappa shape index (κ3) is 4.32. The zero-order valence-electron chi connectivity index (χ0n) is 17.1. The lowest BCUT2D eigenvalue weighted by Crippen LogP contribution is -2.27. The van der Waals surface area contributed by atoms with Crippen LogP contribution in [0.2, 0.25) is 5.02 Å². The normalized spacial score (nSPS) is 11.2. The van der Waals surface area contributed by atoms with Gasteiger partial charge in [-0.1, -0.05) is 29.8 Å². The number of carbonyl (C=O) groups is 1. The van der Waals surface area contributed by atoms with Crippen molar-refractivity contribution >= 4 is 38.9 Å². The number of pyridine rings is 1. The molecule has 156 valence electrons. The highest BCUT2D eigenvalue weighted by atomic mass is 35.5. The molecule has 0 unspecified atom stereocenters. The van der Waals surface area contributed by atoms with Gasteiger partial charge in [-0.2, -0.15) is 0 Å². The Balaban J connectivity index is 1.97. The number of carbonyl (C=O) groups excluding carboxylic acids is 1. The lowest BCUT2D eigenvalue weighted by atomic mass is 10.1. The second-order valence-corrected chi connectivity index (χ2v) is 9.32. The number of aryl methyl sites for hydroxylation is 3. The summed E-state index contributed by atoms with van der Waals surface area (Å²) in [5.74, 6) is -0.503. The van der Waals surface area contributed by atoms with E-state index in [9.17, 15) is 13.2 Å². The molecule has 0 bridgehead atoms. The van der Waals surface area contributed by atoms with Gasteiger partial charge in [0.05, 0.1) is 32.6 Å². The van der Waals surface area contributed by atoms with Gasteiger partial charge in [0.25, 0.3) is 15.9 Å². The van der Waals surface area contributed by atoms with Gasteiger partial charge >= 0.3 is 0 Å². The SMILES string of the molecule is Cc1cc(C)c(NC(=O)c2cc(S(=O)(=O)N(C)c3ccccc3)ccc2Cl)c(C)n1. The Hall–Kier alpha value is -2.90. The summed E-state index contributed by atoms with van der Waals surface area (Å²) in [6.07, 6.45) is 0. The molecule has 0 aliphatic rings. The largest absolute Gasteiger partial charge is 0.320 e. The first-order valence-corrected chi connectivity index (χ1v) is 11.0. The fourth-order valence-corrected chi connectivity index (χ4v) is 4.59. The van der Waals surface area contributed by atoms with Gasteiger partial charge in [0, 0.05) is 12.7 Å². The lowest BCUT2D eigenvalue weighted by molar-refractivity contribution is 0.102. The maximum atomic E-state index is 13.1. The van der Waals surface area contributed by atoms with Gasteiger partial charge in [0.15, 0.2) is 0 Å². The first kappa shape index (κ1) is 21.8. The van der Waals surface area contributed by atoms with Crippen LogP contribution in [0.4, 0.5) is 11.4 Å². The van der Waals surface area contributed by atoms with Crippen LogP contribution in [-0.4, -0.2) is 26.4 Å². The van der Waals surface area contributed by atoms with E-state index in [0.29, 0.717) is 17.1 Å². The summed E-state index contributed by atoms with van der Waals surface area (Å²) in [5, 5.41) is 2.96. The number of nitrogens with zero attached hydrogens (tertiary/aromatic N) is 2. The molecule has 1 aromatic heterocycles. The van der Waals surface area contributed by atoms with Crippen molar-refractivity contribution in [3.8, 4) is 0 Å². The molecule has 0 radical (unpaired) electrons. The highest BCUT2D eigenvalue weighted by molar-refractivity contribution is 7.92. The second kappa shape index (κ2) is 8.45. The highest BCUT2D eigenvalue weighted by Crippen LogP contribution is 2.27. The minimum Gasteiger partial charge on any atom is -0.320 e. The van der Waals surface area contributed by atoms with Crippen molar-refractivity contribution in [3.63, 3.8) is 0 Å². The quantitative estimate of drug-likeness (QED) is 0.617. The Kier molecular flexibility index (Phi) is 6.14.